The predicted octanol–water partition coefficient (Wildman–Crippen LogP) is 17.3. The summed E-state index contributed by atoms with van der Waals surface area (Å²) in [5, 5.41) is 8.56. The molecule has 0 fully saturated rings. The first-order valence-corrected chi connectivity index (χ1v) is 24.6. The lowest BCUT2D eigenvalue weighted by Crippen LogP contribution is -2.25. The molecule has 0 aliphatic heterocycles. The van der Waals surface area contributed by atoms with Gasteiger partial charge in [0.1, 0.15) is 0 Å². The number of pyridine rings is 1. The van der Waals surface area contributed by atoms with Gasteiger partial charge in [-0.25, -0.2) is 4.98 Å². The summed E-state index contributed by atoms with van der Waals surface area (Å²) in [5.74, 6) is 0. The summed E-state index contributed by atoms with van der Waals surface area (Å²) in [6.45, 7) is 0. The molecule has 3 heteroatoms. The SMILES string of the molecule is c1ccc2c(c1)-c1ccccc1C21c2ccccc2-c2c1ccc1c(-c3ccc(-c4cc(-n5c6ccccc6c6ccccc65)cc(-n5c6ccccc6c6ccccc65)c4)cc3)nc3ccccc3c21. The number of nitrogens with zero attached hydrogens (tertiary/aromatic N) is 3. The summed E-state index contributed by atoms with van der Waals surface area (Å²) in [4.78, 5) is 5.52. The summed E-state index contributed by atoms with van der Waals surface area (Å²) in [6.07, 6.45) is 0. The van der Waals surface area contributed by atoms with Crippen molar-refractivity contribution in [2.24, 2.45) is 0 Å². The number of rotatable bonds is 4. The molecule has 0 atom stereocenters. The summed E-state index contributed by atoms with van der Waals surface area (Å²) in [6, 6.07) is 92.1. The highest BCUT2D eigenvalue weighted by Gasteiger charge is 2.52. The Kier molecular flexibility index (Phi) is 7.82. The standard InChI is InChI=1S/C68H41N3/c1-9-25-56-47(17-1)48-18-2-10-26-57(48)68(56)58-27-11-3-23-53(58)66-59(68)38-37-55-65(66)54-24-4-12-28-60(54)69-67(55)43-35-33-42(34-36-43)44-39-45(70-61-29-13-5-19-49(61)50-20-6-14-30-62(50)70)41-46(40-44)71-63-31-15-7-21-51(63)52-22-8-16-32-64(52)71/h1-41H. The number of aromatic nitrogens is 3. The summed E-state index contributed by atoms with van der Waals surface area (Å²) in [5.41, 5.74) is 22.5. The van der Waals surface area contributed by atoms with Gasteiger partial charge >= 0.3 is 0 Å². The van der Waals surface area contributed by atoms with Crippen molar-refractivity contribution >= 4 is 65.3 Å². The maximum Gasteiger partial charge on any atom is 0.0788 e. The molecule has 0 radical (unpaired) electrons. The average molecular weight is 900 g/mol. The second kappa shape index (κ2) is 14.4. The van der Waals surface area contributed by atoms with Crippen LogP contribution in [0.3, 0.4) is 0 Å². The fraction of sp³-hybridized carbons (Fsp3) is 0.0147. The molecular weight excluding hydrogens is 859 g/mol. The molecule has 0 saturated heterocycles. The normalized spacial score (nSPS) is 13.2. The van der Waals surface area contributed by atoms with E-state index < -0.39 is 5.41 Å². The molecule has 1 spiro atoms. The zero-order valence-electron chi connectivity index (χ0n) is 38.5. The molecule has 0 saturated carbocycles. The van der Waals surface area contributed by atoms with Crippen molar-refractivity contribution in [3.05, 3.63) is 271 Å². The fourth-order valence-electron chi connectivity index (χ4n) is 13.1. The second-order valence-electron chi connectivity index (χ2n) is 19.3. The minimum Gasteiger partial charge on any atom is -0.309 e. The van der Waals surface area contributed by atoms with Crippen LogP contribution in [0.1, 0.15) is 22.3 Å². The number of benzene rings is 11. The van der Waals surface area contributed by atoms with Crippen molar-refractivity contribution in [2.45, 2.75) is 5.41 Å². The monoisotopic (exact) mass is 899 g/mol. The van der Waals surface area contributed by atoms with Gasteiger partial charge in [0.15, 0.2) is 0 Å². The molecular formula is C68H41N3. The van der Waals surface area contributed by atoms with Crippen molar-refractivity contribution in [3.8, 4) is 56.0 Å². The van der Waals surface area contributed by atoms with Crippen LogP contribution in [0, 0.1) is 0 Å². The molecule has 328 valence electrons. The van der Waals surface area contributed by atoms with E-state index in [1.54, 1.807) is 0 Å². The molecule has 0 N–H and O–H groups in total. The third-order valence-corrected chi connectivity index (χ3v) is 15.9. The average Bonchev–Trinajstić information content (AvgIpc) is 4.15. The van der Waals surface area contributed by atoms with Gasteiger partial charge in [-0.1, -0.05) is 200 Å². The number of para-hydroxylation sites is 5. The van der Waals surface area contributed by atoms with Crippen molar-refractivity contribution < 1.29 is 0 Å². The number of hydrogen-bond donors (Lipinski definition) is 0. The molecule has 2 aliphatic carbocycles. The second-order valence-corrected chi connectivity index (χ2v) is 19.3. The Labute approximate surface area is 409 Å². The Morgan fingerprint density at radius 3 is 1.25 bits per heavy atom. The van der Waals surface area contributed by atoms with E-state index in [4.69, 9.17) is 4.98 Å². The molecule has 2 aliphatic rings. The van der Waals surface area contributed by atoms with E-state index in [1.165, 1.54) is 98.9 Å². The summed E-state index contributed by atoms with van der Waals surface area (Å²) >= 11 is 0. The maximum atomic E-state index is 5.52. The molecule has 16 rings (SSSR count). The minimum absolute atomic E-state index is 0.425. The van der Waals surface area contributed by atoms with E-state index in [0.29, 0.717) is 0 Å². The van der Waals surface area contributed by atoms with Gasteiger partial charge in [0.2, 0.25) is 0 Å². The van der Waals surface area contributed by atoms with Gasteiger partial charge in [0.05, 0.1) is 38.7 Å². The topological polar surface area (TPSA) is 22.8 Å². The minimum atomic E-state index is -0.425. The first-order chi connectivity index (χ1) is 35.2. The molecule has 0 bridgehead atoms. The number of fused-ring (bicyclic) bond motifs is 20. The summed E-state index contributed by atoms with van der Waals surface area (Å²) < 4.78 is 4.88. The lowest BCUT2D eigenvalue weighted by Gasteiger charge is -2.30. The van der Waals surface area contributed by atoms with Crippen LogP contribution in [0.25, 0.3) is 121 Å². The zero-order chi connectivity index (χ0) is 46.4. The Bertz CT molecular complexity index is 4300. The third-order valence-electron chi connectivity index (χ3n) is 15.9. The van der Waals surface area contributed by atoms with Gasteiger partial charge < -0.3 is 9.13 Å². The molecule has 0 amide bonds. The van der Waals surface area contributed by atoms with Crippen LogP contribution < -0.4 is 0 Å². The van der Waals surface area contributed by atoms with Crippen molar-refractivity contribution in [1.29, 1.82) is 0 Å². The molecule has 14 aromatic rings. The van der Waals surface area contributed by atoms with Gasteiger partial charge in [-0.15, -0.1) is 0 Å². The van der Waals surface area contributed by atoms with Crippen molar-refractivity contribution in [3.63, 3.8) is 0 Å². The Morgan fingerprint density at radius 1 is 0.296 bits per heavy atom. The lowest BCUT2D eigenvalue weighted by molar-refractivity contribution is 0.794. The van der Waals surface area contributed by atoms with E-state index in [1.807, 2.05) is 0 Å². The van der Waals surface area contributed by atoms with Crippen LogP contribution in [0.15, 0.2) is 249 Å². The third kappa shape index (κ3) is 5.14. The van der Waals surface area contributed by atoms with E-state index in [0.717, 1.165) is 44.7 Å². The van der Waals surface area contributed by atoms with Crippen LogP contribution in [0.2, 0.25) is 0 Å². The van der Waals surface area contributed by atoms with E-state index in [2.05, 4.69) is 258 Å². The van der Waals surface area contributed by atoms with E-state index in [9.17, 15) is 0 Å². The maximum absolute atomic E-state index is 5.52. The molecule has 71 heavy (non-hydrogen) atoms. The van der Waals surface area contributed by atoms with Crippen molar-refractivity contribution in [2.75, 3.05) is 0 Å². The van der Waals surface area contributed by atoms with Crippen LogP contribution in [-0.4, -0.2) is 14.1 Å². The lowest BCUT2D eigenvalue weighted by atomic mass is 9.70. The van der Waals surface area contributed by atoms with Crippen LogP contribution >= 0.6 is 0 Å². The van der Waals surface area contributed by atoms with Gasteiger partial charge in [-0.3, -0.25) is 0 Å². The number of hydrogen-bond acceptors (Lipinski definition) is 1. The summed E-state index contributed by atoms with van der Waals surface area (Å²) in [7, 11) is 0. The van der Waals surface area contributed by atoms with Crippen molar-refractivity contribution in [1.82, 2.24) is 14.1 Å². The highest BCUT2D eigenvalue weighted by Crippen LogP contribution is 2.64. The highest BCUT2D eigenvalue weighted by atomic mass is 15.0. The molecule has 3 aromatic heterocycles. The highest BCUT2D eigenvalue weighted by molar-refractivity contribution is 6.20. The van der Waals surface area contributed by atoms with Crippen LogP contribution in [-0.2, 0) is 5.41 Å². The quantitative estimate of drug-likeness (QED) is 0.161. The molecule has 11 aromatic carbocycles. The Balaban J connectivity index is 0.916. The smallest absolute Gasteiger partial charge is 0.0788 e. The Hall–Kier alpha value is -9.31. The molecule has 3 heterocycles. The fourth-order valence-corrected chi connectivity index (χ4v) is 13.1. The molecule has 3 nitrogen and oxygen atoms in total. The van der Waals surface area contributed by atoms with Gasteiger partial charge in [0.25, 0.3) is 0 Å². The first-order valence-electron chi connectivity index (χ1n) is 24.6. The van der Waals surface area contributed by atoms with Gasteiger partial charge in [-0.05, 0) is 104 Å². The Morgan fingerprint density at radius 2 is 0.718 bits per heavy atom. The predicted molar refractivity (Wildman–Crippen MR) is 295 cm³/mol. The first kappa shape index (κ1) is 38.6. The van der Waals surface area contributed by atoms with E-state index >= 15 is 0 Å². The molecule has 0 unspecified atom stereocenters. The van der Waals surface area contributed by atoms with Crippen LogP contribution in [0.4, 0.5) is 0 Å². The van der Waals surface area contributed by atoms with E-state index in [-0.39, 0.29) is 0 Å². The van der Waals surface area contributed by atoms with Gasteiger partial charge in [0, 0.05) is 54.6 Å². The zero-order valence-corrected chi connectivity index (χ0v) is 38.5. The van der Waals surface area contributed by atoms with Crippen LogP contribution in [0.5, 0.6) is 0 Å². The largest absolute Gasteiger partial charge is 0.309 e. The van der Waals surface area contributed by atoms with Gasteiger partial charge in [-0.2, -0.15) is 0 Å².